The van der Waals surface area contributed by atoms with Crippen LogP contribution in [0.5, 0.6) is 0 Å². The van der Waals surface area contributed by atoms with Gasteiger partial charge in [0.2, 0.25) is 11.8 Å². The number of aliphatic carboxylic acids is 1. The molecule has 2 atom stereocenters. The summed E-state index contributed by atoms with van der Waals surface area (Å²) in [7, 11) is 1.37. The fourth-order valence-corrected chi connectivity index (χ4v) is 2.47. The normalized spacial score (nSPS) is 19.9. The standard InChI is InChI=1S/C14H24N2O5/c1-3-6-12(17)16-8-5-4-7-11(16)13(18)15-10(9-21-2)14(19)20/h10-11H,3-9H2,1-2H3,(H,15,18)(H,19,20). The van der Waals surface area contributed by atoms with Gasteiger partial charge in [-0.15, -0.1) is 0 Å². The van der Waals surface area contributed by atoms with Crippen LogP contribution in [0.4, 0.5) is 0 Å². The number of piperidine rings is 1. The second-order valence-electron chi connectivity index (χ2n) is 5.20. The van der Waals surface area contributed by atoms with Crippen molar-refractivity contribution in [2.75, 3.05) is 20.3 Å². The van der Waals surface area contributed by atoms with Gasteiger partial charge in [0.15, 0.2) is 6.04 Å². The number of carboxylic acids is 1. The van der Waals surface area contributed by atoms with Crippen molar-refractivity contribution in [1.82, 2.24) is 10.2 Å². The largest absolute Gasteiger partial charge is 0.480 e. The van der Waals surface area contributed by atoms with Crippen LogP contribution in [0.3, 0.4) is 0 Å². The van der Waals surface area contributed by atoms with E-state index in [1.54, 1.807) is 4.90 Å². The van der Waals surface area contributed by atoms with Gasteiger partial charge in [0, 0.05) is 20.1 Å². The van der Waals surface area contributed by atoms with Crippen LogP contribution in [0.15, 0.2) is 0 Å². The molecule has 0 aromatic carbocycles. The van der Waals surface area contributed by atoms with E-state index in [4.69, 9.17) is 9.84 Å². The average molecular weight is 300 g/mol. The molecular formula is C14H24N2O5. The van der Waals surface area contributed by atoms with Crippen LogP contribution < -0.4 is 5.32 Å². The Kier molecular flexibility index (Phi) is 7.14. The van der Waals surface area contributed by atoms with E-state index in [2.05, 4.69) is 5.32 Å². The van der Waals surface area contributed by atoms with Crippen LogP contribution in [0.2, 0.25) is 0 Å². The summed E-state index contributed by atoms with van der Waals surface area (Å²) < 4.78 is 4.79. The maximum absolute atomic E-state index is 12.3. The smallest absolute Gasteiger partial charge is 0.328 e. The van der Waals surface area contributed by atoms with Crippen LogP contribution >= 0.6 is 0 Å². The molecule has 1 saturated heterocycles. The van der Waals surface area contributed by atoms with Gasteiger partial charge in [-0.05, 0) is 25.7 Å². The van der Waals surface area contributed by atoms with Gasteiger partial charge in [-0.3, -0.25) is 9.59 Å². The van der Waals surface area contributed by atoms with Crippen molar-refractivity contribution in [3.8, 4) is 0 Å². The Morgan fingerprint density at radius 2 is 2.10 bits per heavy atom. The molecule has 21 heavy (non-hydrogen) atoms. The van der Waals surface area contributed by atoms with E-state index in [9.17, 15) is 14.4 Å². The Morgan fingerprint density at radius 3 is 2.67 bits per heavy atom. The summed E-state index contributed by atoms with van der Waals surface area (Å²) in [6, 6.07) is -1.66. The van der Waals surface area contributed by atoms with Gasteiger partial charge < -0.3 is 20.1 Å². The summed E-state index contributed by atoms with van der Waals surface area (Å²) in [5, 5.41) is 11.5. The molecule has 0 aromatic heterocycles. The summed E-state index contributed by atoms with van der Waals surface area (Å²) in [4.78, 5) is 37.0. The van der Waals surface area contributed by atoms with Crippen molar-refractivity contribution in [3.05, 3.63) is 0 Å². The second kappa shape index (κ2) is 8.61. The lowest BCUT2D eigenvalue weighted by molar-refractivity contribution is -0.146. The van der Waals surface area contributed by atoms with Gasteiger partial charge >= 0.3 is 5.97 Å². The number of rotatable bonds is 7. The molecule has 0 bridgehead atoms. The number of carbonyl (C=O) groups is 3. The summed E-state index contributed by atoms with van der Waals surface area (Å²) in [5.74, 6) is -1.60. The maximum atomic E-state index is 12.3. The molecule has 0 saturated carbocycles. The van der Waals surface area contributed by atoms with Crippen molar-refractivity contribution >= 4 is 17.8 Å². The fraction of sp³-hybridized carbons (Fsp3) is 0.786. The zero-order valence-electron chi connectivity index (χ0n) is 12.6. The minimum atomic E-state index is -1.15. The lowest BCUT2D eigenvalue weighted by atomic mass is 10.00. The predicted molar refractivity (Wildman–Crippen MR) is 75.7 cm³/mol. The minimum Gasteiger partial charge on any atom is -0.480 e. The molecule has 1 aliphatic rings. The molecular weight excluding hydrogens is 276 g/mol. The number of carboxylic acid groups (broad SMARTS) is 1. The molecule has 7 nitrogen and oxygen atoms in total. The third kappa shape index (κ3) is 5.00. The molecule has 1 rings (SSSR count). The van der Waals surface area contributed by atoms with Gasteiger partial charge in [0.1, 0.15) is 6.04 Å². The quantitative estimate of drug-likeness (QED) is 0.709. The van der Waals surface area contributed by atoms with Crippen molar-refractivity contribution in [3.63, 3.8) is 0 Å². The summed E-state index contributed by atoms with van der Waals surface area (Å²) in [6.45, 7) is 2.37. The van der Waals surface area contributed by atoms with Crippen LogP contribution in [-0.4, -0.2) is 60.1 Å². The number of amides is 2. The van der Waals surface area contributed by atoms with Crippen LogP contribution in [0.25, 0.3) is 0 Å². The number of methoxy groups -OCH3 is 1. The Morgan fingerprint density at radius 1 is 1.38 bits per heavy atom. The first-order chi connectivity index (χ1) is 10.0. The molecule has 1 aliphatic heterocycles. The zero-order valence-corrected chi connectivity index (χ0v) is 12.6. The predicted octanol–water partition coefficient (Wildman–Crippen LogP) is 0.383. The number of carbonyl (C=O) groups excluding carboxylic acids is 2. The number of nitrogens with zero attached hydrogens (tertiary/aromatic N) is 1. The van der Waals surface area contributed by atoms with Gasteiger partial charge in [-0.2, -0.15) is 0 Å². The third-order valence-corrected chi connectivity index (χ3v) is 3.54. The summed E-state index contributed by atoms with van der Waals surface area (Å²) in [5.41, 5.74) is 0. The molecule has 2 N–H and O–H groups in total. The second-order valence-corrected chi connectivity index (χ2v) is 5.20. The zero-order chi connectivity index (χ0) is 15.8. The van der Waals surface area contributed by atoms with Gasteiger partial charge in [0.25, 0.3) is 0 Å². The number of ether oxygens (including phenoxy) is 1. The topological polar surface area (TPSA) is 95.9 Å². The number of hydrogen-bond acceptors (Lipinski definition) is 4. The lowest BCUT2D eigenvalue weighted by Crippen LogP contribution is -2.55. The maximum Gasteiger partial charge on any atom is 0.328 e. The molecule has 1 heterocycles. The first-order valence-electron chi connectivity index (χ1n) is 7.32. The van der Waals surface area contributed by atoms with E-state index in [1.807, 2.05) is 6.92 Å². The molecule has 2 unspecified atom stereocenters. The number of hydrogen-bond donors (Lipinski definition) is 2. The Bertz CT molecular complexity index is 386. The Balaban J connectivity index is 2.72. The average Bonchev–Trinajstić information content (AvgIpc) is 2.46. The van der Waals surface area contributed by atoms with Gasteiger partial charge in [0.05, 0.1) is 6.61 Å². The Hall–Kier alpha value is -1.63. The van der Waals surface area contributed by atoms with Crippen LogP contribution in [0.1, 0.15) is 39.0 Å². The highest BCUT2D eigenvalue weighted by Crippen LogP contribution is 2.18. The van der Waals surface area contributed by atoms with E-state index in [-0.39, 0.29) is 12.5 Å². The highest BCUT2D eigenvalue weighted by atomic mass is 16.5. The molecule has 0 aliphatic carbocycles. The lowest BCUT2D eigenvalue weighted by Gasteiger charge is -2.35. The summed E-state index contributed by atoms with van der Waals surface area (Å²) >= 11 is 0. The molecule has 0 aromatic rings. The number of nitrogens with one attached hydrogen (secondary N) is 1. The van der Waals surface area contributed by atoms with Crippen molar-refractivity contribution in [2.24, 2.45) is 0 Å². The van der Waals surface area contributed by atoms with Crippen LogP contribution in [-0.2, 0) is 19.1 Å². The van der Waals surface area contributed by atoms with E-state index in [1.165, 1.54) is 7.11 Å². The molecule has 2 amide bonds. The van der Waals surface area contributed by atoms with Crippen molar-refractivity contribution in [1.29, 1.82) is 0 Å². The van der Waals surface area contributed by atoms with E-state index in [0.717, 1.165) is 19.3 Å². The first-order valence-corrected chi connectivity index (χ1v) is 7.32. The third-order valence-electron chi connectivity index (χ3n) is 3.54. The van der Waals surface area contributed by atoms with Crippen molar-refractivity contribution in [2.45, 2.75) is 51.1 Å². The monoisotopic (exact) mass is 300 g/mol. The molecule has 0 spiro atoms. The molecule has 7 heteroatoms. The minimum absolute atomic E-state index is 0.0454. The highest BCUT2D eigenvalue weighted by molar-refractivity contribution is 5.90. The highest BCUT2D eigenvalue weighted by Gasteiger charge is 2.33. The first kappa shape index (κ1) is 17.4. The molecule has 0 radical (unpaired) electrons. The van der Waals surface area contributed by atoms with E-state index < -0.39 is 24.0 Å². The van der Waals surface area contributed by atoms with Crippen molar-refractivity contribution < 1.29 is 24.2 Å². The number of likely N-dealkylation sites (tertiary alicyclic amines) is 1. The Labute approximate surface area is 124 Å². The fourth-order valence-electron chi connectivity index (χ4n) is 2.47. The van der Waals surface area contributed by atoms with Gasteiger partial charge in [-0.25, -0.2) is 4.79 Å². The SMILES string of the molecule is CCCC(=O)N1CCCCC1C(=O)NC(COC)C(=O)O. The van der Waals surface area contributed by atoms with E-state index >= 15 is 0 Å². The van der Waals surface area contributed by atoms with Gasteiger partial charge in [-0.1, -0.05) is 6.92 Å². The van der Waals surface area contributed by atoms with Crippen LogP contribution in [0, 0.1) is 0 Å². The molecule has 1 fully saturated rings. The summed E-state index contributed by atoms with van der Waals surface area (Å²) in [6.07, 6.45) is 3.44. The molecule has 120 valence electrons. The van der Waals surface area contributed by atoms with E-state index in [0.29, 0.717) is 19.4 Å².